The van der Waals surface area contributed by atoms with E-state index in [0.717, 1.165) is 6.42 Å². The summed E-state index contributed by atoms with van der Waals surface area (Å²) in [6.07, 6.45) is 0.870. The molecular weight excluding hydrogens is 890 g/mol. The van der Waals surface area contributed by atoms with Gasteiger partial charge in [0.2, 0.25) is 11.8 Å². The van der Waals surface area contributed by atoms with Crippen LogP contribution in [0, 0.1) is 0 Å². The van der Waals surface area contributed by atoms with Crippen LogP contribution in [0.2, 0.25) is 0 Å². The van der Waals surface area contributed by atoms with Crippen LogP contribution in [-0.2, 0) is 41.2 Å². The van der Waals surface area contributed by atoms with Crippen molar-refractivity contribution in [2.75, 3.05) is 40.0 Å². The van der Waals surface area contributed by atoms with Gasteiger partial charge in [0.15, 0.2) is 11.4 Å². The topological polar surface area (TPSA) is 167 Å². The minimum atomic E-state index is -4.93. The first-order valence-electron chi connectivity index (χ1n) is 20.1. The maximum Gasteiger partial charge on any atom is 0.437 e. The summed E-state index contributed by atoms with van der Waals surface area (Å²) in [5.41, 5.74) is -2.61. The Kier molecular flexibility index (Phi) is 13.9. The molecule has 6 rings (SSSR count). The van der Waals surface area contributed by atoms with E-state index in [9.17, 15) is 19.2 Å². The minimum absolute atomic E-state index is 0.0579. The van der Waals surface area contributed by atoms with Gasteiger partial charge >= 0.3 is 18.2 Å². The SMILES string of the molecule is CCOC(=O)C1NC(=O)[C@@H]2C[C@]3(CCc4c(c(C(F)(F)F)nc5ccc(OC)c(C6COCCN6)c45)O3)CN2C(=O)[C@@H](NC(=O)OC(C)(C)C)CCCCC/C=C\[C@@H]1I. The van der Waals surface area contributed by atoms with Gasteiger partial charge in [0.25, 0.3) is 0 Å². The van der Waals surface area contributed by atoms with Crippen molar-refractivity contribution in [2.24, 2.45) is 0 Å². The van der Waals surface area contributed by atoms with Crippen LogP contribution >= 0.6 is 22.6 Å². The number of amides is 3. The van der Waals surface area contributed by atoms with Gasteiger partial charge in [0.05, 0.1) is 49.0 Å². The highest BCUT2D eigenvalue weighted by molar-refractivity contribution is 14.1. The highest BCUT2D eigenvalue weighted by Crippen LogP contribution is 2.50. The number of nitrogens with one attached hydrogen (secondary N) is 3. The van der Waals surface area contributed by atoms with Crippen molar-refractivity contribution in [3.8, 4) is 11.5 Å². The molecule has 6 atom stereocenters. The number of benzene rings is 1. The van der Waals surface area contributed by atoms with Crippen molar-refractivity contribution in [1.29, 1.82) is 0 Å². The van der Waals surface area contributed by atoms with Gasteiger partial charge in [-0.3, -0.25) is 9.59 Å². The van der Waals surface area contributed by atoms with E-state index < -0.39 is 80.8 Å². The molecule has 3 N–H and O–H groups in total. The van der Waals surface area contributed by atoms with Gasteiger partial charge in [-0.2, -0.15) is 13.2 Å². The molecule has 5 heterocycles. The molecule has 59 heavy (non-hydrogen) atoms. The van der Waals surface area contributed by atoms with Crippen LogP contribution in [0.4, 0.5) is 18.0 Å². The second-order valence-corrected chi connectivity index (χ2v) is 17.8. The second kappa shape index (κ2) is 18.4. The Morgan fingerprint density at radius 3 is 2.61 bits per heavy atom. The molecule has 0 saturated carbocycles. The minimum Gasteiger partial charge on any atom is -0.496 e. The second-order valence-electron chi connectivity index (χ2n) is 16.3. The van der Waals surface area contributed by atoms with E-state index >= 15 is 13.2 Å². The third kappa shape index (κ3) is 10.2. The number of hydrogen-bond donors (Lipinski definition) is 3. The fourth-order valence-electron chi connectivity index (χ4n) is 8.31. The van der Waals surface area contributed by atoms with Gasteiger partial charge in [-0.05, 0) is 71.9 Å². The lowest BCUT2D eigenvalue weighted by atomic mass is 9.85. The van der Waals surface area contributed by atoms with Crippen molar-refractivity contribution in [3.63, 3.8) is 0 Å². The van der Waals surface area contributed by atoms with Gasteiger partial charge in [-0.15, -0.1) is 0 Å². The molecule has 18 heteroatoms. The zero-order chi connectivity index (χ0) is 42.7. The summed E-state index contributed by atoms with van der Waals surface area (Å²) in [5, 5.41) is 9.33. The average molecular weight is 944 g/mol. The van der Waals surface area contributed by atoms with Crippen molar-refractivity contribution < 1.29 is 56.0 Å². The van der Waals surface area contributed by atoms with Gasteiger partial charge < -0.3 is 44.5 Å². The van der Waals surface area contributed by atoms with E-state index in [-0.39, 0.29) is 56.5 Å². The molecule has 0 bridgehead atoms. The lowest BCUT2D eigenvalue weighted by Gasteiger charge is -2.38. The summed E-state index contributed by atoms with van der Waals surface area (Å²) in [7, 11) is 1.49. The van der Waals surface area contributed by atoms with Crippen molar-refractivity contribution >= 4 is 57.4 Å². The number of aryl methyl sites for hydroxylation is 1. The fourth-order valence-corrected chi connectivity index (χ4v) is 9.08. The normalized spacial score (nSPS) is 27.7. The highest BCUT2D eigenvalue weighted by Gasteiger charge is 2.55. The number of hydrogen-bond acceptors (Lipinski definition) is 11. The average Bonchev–Trinajstić information content (AvgIpc) is 3.55. The Bertz CT molecular complexity index is 1940. The fraction of sp³-hybridized carbons (Fsp3) is 0.634. The van der Waals surface area contributed by atoms with Gasteiger partial charge in [0, 0.05) is 29.5 Å². The first kappa shape index (κ1) is 44.6. The number of nitrogens with zero attached hydrogens (tertiary/aromatic N) is 2. The molecule has 2 fully saturated rings. The Hall–Kier alpha value is -3.91. The number of carbonyl (C=O) groups is 4. The number of methoxy groups -OCH3 is 1. The predicted molar refractivity (Wildman–Crippen MR) is 218 cm³/mol. The molecule has 324 valence electrons. The molecule has 14 nitrogen and oxygen atoms in total. The summed E-state index contributed by atoms with van der Waals surface area (Å²) in [6, 6.07) is -0.909. The summed E-state index contributed by atoms with van der Waals surface area (Å²) in [5.74, 6) is -2.06. The van der Waals surface area contributed by atoms with Crippen LogP contribution in [0.25, 0.3) is 10.9 Å². The van der Waals surface area contributed by atoms with Crippen LogP contribution < -0.4 is 25.4 Å². The Morgan fingerprint density at radius 1 is 1.15 bits per heavy atom. The lowest BCUT2D eigenvalue weighted by molar-refractivity contribution is -0.148. The molecule has 1 aromatic carbocycles. The zero-order valence-corrected chi connectivity index (χ0v) is 36.1. The predicted octanol–water partition coefficient (Wildman–Crippen LogP) is 5.85. The maximum atomic E-state index is 15.0. The number of fused-ring (bicyclic) bond motifs is 4. The van der Waals surface area contributed by atoms with Gasteiger partial charge in [0.1, 0.15) is 35.1 Å². The van der Waals surface area contributed by atoms with E-state index in [0.29, 0.717) is 49.1 Å². The number of pyridine rings is 1. The standard InChI is InChI=1S/C41H53F3IN5O9/c1-6-57-37(53)32-24(45)12-10-8-7-9-11-13-26(48-38(54)59-39(2,3)4)36(52)50-22-40(20-28(50)35(51)49-32)17-16-23-30-25(47-34(33(23)58-40)41(42,43)44)14-15-29(55-5)31(30)27-21-56-19-18-46-27/h10,12,14-15,24,26-28,32,46H,6-9,11,13,16-22H2,1-5H3,(H,48,54)(H,49,51)/b12-10-/t24-,26-,27?,28-,32?,40+/m0/s1. The van der Waals surface area contributed by atoms with Gasteiger partial charge in [-0.1, -0.05) is 47.6 Å². The molecule has 1 aromatic heterocycles. The first-order chi connectivity index (χ1) is 27.9. The maximum absolute atomic E-state index is 15.0. The van der Waals surface area contributed by atoms with E-state index in [4.69, 9.17) is 23.7 Å². The number of halogens is 4. The number of alkyl carbamates (subject to hydrolysis) is 1. The number of alkyl halides is 4. The zero-order valence-electron chi connectivity index (χ0n) is 34.0. The van der Waals surface area contributed by atoms with E-state index in [1.165, 1.54) is 18.1 Å². The lowest BCUT2D eigenvalue weighted by Crippen LogP contribution is -2.57. The summed E-state index contributed by atoms with van der Waals surface area (Å²) >= 11 is 2.05. The summed E-state index contributed by atoms with van der Waals surface area (Å²) in [4.78, 5) is 61.0. The summed E-state index contributed by atoms with van der Waals surface area (Å²) < 4.78 is 73.5. The largest absolute Gasteiger partial charge is 0.496 e. The van der Waals surface area contributed by atoms with E-state index in [2.05, 4.69) is 20.9 Å². The molecule has 0 radical (unpaired) electrons. The number of esters is 1. The Labute approximate surface area is 355 Å². The van der Waals surface area contributed by atoms with Crippen LogP contribution in [0.3, 0.4) is 0 Å². The number of morpholine rings is 1. The molecule has 4 aliphatic heterocycles. The monoisotopic (exact) mass is 943 g/mol. The Morgan fingerprint density at radius 2 is 1.93 bits per heavy atom. The first-order valence-corrected chi connectivity index (χ1v) is 21.4. The quantitative estimate of drug-likeness (QED) is 0.143. The highest BCUT2D eigenvalue weighted by atomic mass is 127. The van der Waals surface area contributed by atoms with E-state index in [1.54, 1.807) is 33.8 Å². The van der Waals surface area contributed by atoms with Gasteiger partial charge in [-0.25, -0.2) is 14.6 Å². The molecule has 0 aliphatic carbocycles. The third-order valence-corrected chi connectivity index (χ3v) is 12.1. The van der Waals surface area contributed by atoms with E-state index in [1.807, 2.05) is 34.7 Å². The number of rotatable bonds is 5. The number of carbonyl (C=O) groups excluding carboxylic acids is 4. The smallest absolute Gasteiger partial charge is 0.437 e. The van der Waals surface area contributed by atoms with Crippen molar-refractivity contribution in [2.45, 2.75) is 125 Å². The third-order valence-electron chi connectivity index (χ3n) is 10.9. The molecule has 2 saturated heterocycles. The molecule has 3 amide bonds. The molecule has 2 aromatic rings. The van der Waals surface area contributed by atoms with Crippen LogP contribution in [-0.4, -0.2) is 107 Å². The van der Waals surface area contributed by atoms with Crippen LogP contribution in [0.15, 0.2) is 24.3 Å². The van der Waals surface area contributed by atoms with Crippen LogP contribution in [0.1, 0.15) is 95.5 Å². The molecule has 4 aliphatic rings. The van der Waals surface area contributed by atoms with Crippen molar-refractivity contribution in [3.05, 3.63) is 41.1 Å². The number of ether oxygens (including phenoxy) is 5. The van der Waals surface area contributed by atoms with Crippen LogP contribution in [0.5, 0.6) is 11.5 Å². The number of aromatic nitrogens is 1. The molecular formula is C41H53F3IN5O9. The Balaban J connectivity index is 1.45. The molecule has 2 unspecified atom stereocenters. The number of allylic oxidation sites excluding steroid dienone is 1. The van der Waals surface area contributed by atoms with Crippen molar-refractivity contribution in [1.82, 2.24) is 25.8 Å². The molecule has 1 spiro atoms. The summed E-state index contributed by atoms with van der Waals surface area (Å²) in [6.45, 7) is 7.72.